The Morgan fingerprint density at radius 3 is 2.80 bits per heavy atom. The van der Waals surface area contributed by atoms with Crippen molar-refractivity contribution in [1.82, 2.24) is 24.5 Å². The maximum atomic E-state index is 4.67. The van der Waals surface area contributed by atoms with E-state index in [1.54, 1.807) is 11.3 Å². The van der Waals surface area contributed by atoms with E-state index in [1.165, 1.54) is 10.3 Å². The summed E-state index contributed by atoms with van der Waals surface area (Å²) in [6.45, 7) is 2.96. The Hall–Kier alpha value is -1.89. The third kappa shape index (κ3) is 2.29. The molecule has 0 radical (unpaired) electrons. The van der Waals surface area contributed by atoms with Crippen molar-refractivity contribution in [3.63, 3.8) is 0 Å². The lowest BCUT2D eigenvalue weighted by Crippen LogP contribution is -2.20. The molecular weight excluding hydrogens is 272 g/mol. The maximum Gasteiger partial charge on any atom is 0.187 e. The van der Waals surface area contributed by atoms with Gasteiger partial charge in [-0.05, 0) is 18.9 Å². The fourth-order valence-corrected chi connectivity index (χ4v) is 3.25. The van der Waals surface area contributed by atoms with Crippen LogP contribution >= 0.6 is 11.3 Å². The van der Waals surface area contributed by atoms with Crippen molar-refractivity contribution in [2.45, 2.75) is 13.3 Å². The number of fused-ring (bicyclic) bond motifs is 1. The van der Waals surface area contributed by atoms with Gasteiger partial charge in [-0.2, -0.15) is 10.2 Å². The van der Waals surface area contributed by atoms with E-state index in [-0.39, 0.29) is 0 Å². The fourth-order valence-electron chi connectivity index (χ4n) is 2.23. The molecular formula is C13H18N6S. The van der Waals surface area contributed by atoms with E-state index in [4.69, 9.17) is 0 Å². The van der Waals surface area contributed by atoms with Gasteiger partial charge >= 0.3 is 0 Å². The van der Waals surface area contributed by atoms with Crippen LogP contribution in [0.25, 0.3) is 10.3 Å². The zero-order valence-corrected chi connectivity index (χ0v) is 13.0. The monoisotopic (exact) mass is 290 g/mol. The van der Waals surface area contributed by atoms with E-state index in [2.05, 4.69) is 33.3 Å². The van der Waals surface area contributed by atoms with Gasteiger partial charge in [0.1, 0.15) is 0 Å². The number of thiazole rings is 1. The Bertz CT molecular complexity index is 703. The highest BCUT2D eigenvalue weighted by atomic mass is 32.1. The highest BCUT2D eigenvalue weighted by Gasteiger charge is 2.14. The quantitative estimate of drug-likeness (QED) is 0.734. The molecule has 7 heteroatoms. The molecule has 0 amide bonds. The minimum absolute atomic E-state index is 0.929. The summed E-state index contributed by atoms with van der Waals surface area (Å²) >= 11 is 1.70. The van der Waals surface area contributed by atoms with Gasteiger partial charge in [-0.1, -0.05) is 11.3 Å². The van der Waals surface area contributed by atoms with Crippen molar-refractivity contribution < 1.29 is 0 Å². The van der Waals surface area contributed by atoms with Crippen molar-refractivity contribution >= 4 is 26.8 Å². The molecule has 0 spiro atoms. The summed E-state index contributed by atoms with van der Waals surface area (Å²) in [7, 11) is 5.96. The van der Waals surface area contributed by atoms with Gasteiger partial charge in [0.15, 0.2) is 10.8 Å². The van der Waals surface area contributed by atoms with Gasteiger partial charge in [-0.15, -0.1) is 0 Å². The molecule has 0 saturated carbocycles. The topological polar surface area (TPSA) is 51.8 Å². The van der Waals surface area contributed by atoms with Crippen LogP contribution in [0.3, 0.4) is 0 Å². The van der Waals surface area contributed by atoms with Gasteiger partial charge in [-0.25, -0.2) is 9.67 Å². The fraction of sp³-hybridized carbons (Fsp3) is 0.462. The maximum absolute atomic E-state index is 4.67. The van der Waals surface area contributed by atoms with Crippen LogP contribution < -0.4 is 4.90 Å². The molecule has 6 nitrogen and oxygen atoms in total. The zero-order chi connectivity index (χ0) is 14.3. The smallest absolute Gasteiger partial charge is 0.187 e. The third-order valence-corrected chi connectivity index (χ3v) is 4.62. The van der Waals surface area contributed by atoms with E-state index in [1.807, 2.05) is 36.6 Å². The van der Waals surface area contributed by atoms with Crippen molar-refractivity contribution in [1.29, 1.82) is 0 Å². The van der Waals surface area contributed by atoms with Crippen LogP contribution in [0.5, 0.6) is 0 Å². The zero-order valence-electron chi connectivity index (χ0n) is 12.2. The molecule has 0 aliphatic heterocycles. The molecule has 0 saturated heterocycles. The highest BCUT2D eigenvalue weighted by Crippen LogP contribution is 2.30. The molecule has 0 atom stereocenters. The molecule has 3 aromatic heterocycles. The number of hydrogen-bond acceptors (Lipinski definition) is 5. The summed E-state index contributed by atoms with van der Waals surface area (Å²) in [6.07, 6.45) is 4.94. The second kappa shape index (κ2) is 4.90. The van der Waals surface area contributed by atoms with Crippen LogP contribution in [0.4, 0.5) is 5.13 Å². The van der Waals surface area contributed by atoms with Crippen LogP contribution in [0, 0.1) is 6.92 Å². The molecule has 0 N–H and O–H groups in total. The first kappa shape index (κ1) is 13.1. The van der Waals surface area contributed by atoms with E-state index in [9.17, 15) is 0 Å². The number of aromatic nitrogens is 5. The van der Waals surface area contributed by atoms with Crippen LogP contribution in [0.15, 0.2) is 12.4 Å². The lowest BCUT2D eigenvalue weighted by atomic mass is 10.2. The van der Waals surface area contributed by atoms with E-state index >= 15 is 0 Å². The summed E-state index contributed by atoms with van der Waals surface area (Å²) in [6, 6.07) is 0. The molecule has 0 aliphatic rings. The number of hydrogen-bond donors (Lipinski definition) is 0. The molecule has 20 heavy (non-hydrogen) atoms. The van der Waals surface area contributed by atoms with Gasteiger partial charge in [0, 0.05) is 33.9 Å². The Labute approximate surface area is 121 Å². The first-order valence-corrected chi connectivity index (χ1v) is 7.35. The predicted octanol–water partition coefficient (Wildman–Crippen LogP) is 1.75. The molecule has 3 aromatic rings. The Morgan fingerprint density at radius 1 is 1.35 bits per heavy atom. The number of aryl methyl sites for hydroxylation is 3. The number of nitrogens with zero attached hydrogens (tertiary/aromatic N) is 6. The largest absolute Gasteiger partial charge is 0.351 e. The predicted molar refractivity (Wildman–Crippen MR) is 81.3 cm³/mol. The Morgan fingerprint density at radius 2 is 2.15 bits per heavy atom. The Kier molecular flexibility index (Phi) is 3.21. The van der Waals surface area contributed by atoms with E-state index < -0.39 is 0 Å². The SMILES string of the molecule is Cc1nn(C)c2nc(N(C)CCc3cnn(C)c3)sc12. The van der Waals surface area contributed by atoms with Gasteiger partial charge < -0.3 is 4.90 Å². The van der Waals surface area contributed by atoms with E-state index in [0.29, 0.717) is 0 Å². The number of anilines is 1. The van der Waals surface area contributed by atoms with Gasteiger partial charge in [0.05, 0.1) is 16.6 Å². The molecule has 0 aliphatic carbocycles. The molecule has 0 unspecified atom stereocenters. The third-order valence-electron chi connectivity index (χ3n) is 3.35. The molecule has 3 heterocycles. The molecule has 3 rings (SSSR count). The van der Waals surface area contributed by atoms with Crippen LogP contribution in [0.2, 0.25) is 0 Å². The Balaban J connectivity index is 1.75. The van der Waals surface area contributed by atoms with Crippen LogP contribution in [-0.2, 0) is 20.5 Å². The van der Waals surface area contributed by atoms with Gasteiger partial charge in [-0.3, -0.25) is 4.68 Å². The van der Waals surface area contributed by atoms with Crippen molar-refractivity contribution in [3.05, 3.63) is 23.7 Å². The minimum Gasteiger partial charge on any atom is -0.351 e. The minimum atomic E-state index is 0.929. The number of rotatable bonds is 4. The lowest BCUT2D eigenvalue weighted by molar-refractivity contribution is 0.766. The summed E-state index contributed by atoms with van der Waals surface area (Å²) < 4.78 is 4.86. The molecule has 0 fully saturated rings. The lowest BCUT2D eigenvalue weighted by Gasteiger charge is -2.14. The first-order chi connectivity index (χ1) is 9.54. The summed E-state index contributed by atoms with van der Waals surface area (Å²) in [4.78, 5) is 6.87. The highest BCUT2D eigenvalue weighted by molar-refractivity contribution is 7.22. The summed E-state index contributed by atoms with van der Waals surface area (Å²) in [5, 5.41) is 9.61. The van der Waals surface area contributed by atoms with Crippen LogP contribution in [-0.4, -0.2) is 38.1 Å². The second-order valence-corrected chi connectivity index (χ2v) is 6.03. The molecule has 0 bridgehead atoms. The van der Waals surface area contributed by atoms with Crippen LogP contribution in [0.1, 0.15) is 11.3 Å². The summed E-state index contributed by atoms with van der Waals surface area (Å²) in [5.41, 5.74) is 3.26. The summed E-state index contributed by atoms with van der Waals surface area (Å²) in [5.74, 6) is 0. The second-order valence-electron chi connectivity index (χ2n) is 5.05. The standard InChI is InChI=1S/C13H18N6S/c1-9-11-12(19(4)16-9)15-13(20-11)17(2)6-5-10-7-14-18(3)8-10/h7-8H,5-6H2,1-4H3. The molecule has 0 aromatic carbocycles. The van der Waals surface area contributed by atoms with Crippen molar-refractivity contribution in [2.75, 3.05) is 18.5 Å². The molecule has 106 valence electrons. The average Bonchev–Trinajstić information content (AvgIpc) is 3.06. The first-order valence-electron chi connectivity index (χ1n) is 6.53. The van der Waals surface area contributed by atoms with Crippen molar-refractivity contribution in [2.24, 2.45) is 14.1 Å². The average molecular weight is 290 g/mol. The van der Waals surface area contributed by atoms with Gasteiger partial charge in [0.2, 0.25) is 0 Å². The normalized spacial score (nSPS) is 11.4. The van der Waals surface area contributed by atoms with Crippen molar-refractivity contribution in [3.8, 4) is 0 Å². The number of likely N-dealkylation sites (N-methyl/N-ethyl adjacent to an activating group) is 1. The van der Waals surface area contributed by atoms with Gasteiger partial charge in [0.25, 0.3) is 0 Å². The van der Waals surface area contributed by atoms with E-state index in [0.717, 1.165) is 29.4 Å².